The first-order valence-electron chi connectivity index (χ1n) is 10.6. The van der Waals surface area contributed by atoms with Crippen molar-refractivity contribution in [2.24, 2.45) is 0 Å². The van der Waals surface area contributed by atoms with Crippen LogP contribution < -0.4 is 0 Å². The SMILES string of the molecule is C#CCCc1cc(-c2cccs2)sc1-c1cc(CCCCCC)c(-c2cccs2)s1. The minimum absolute atomic E-state index is 0.792. The van der Waals surface area contributed by atoms with Crippen molar-refractivity contribution >= 4 is 45.3 Å². The lowest BCUT2D eigenvalue weighted by Gasteiger charge is -2.01. The second-order valence-electron chi connectivity index (χ2n) is 7.40. The summed E-state index contributed by atoms with van der Waals surface area (Å²) < 4.78 is 0. The van der Waals surface area contributed by atoms with E-state index in [2.05, 4.69) is 60.0 Å². The molecule has 4 aromatic heterocycles. The van der Waals surface area contributed by atoms with Crippen molar-refractivity contribution in [3.63, 3.8) is 0 Å². The van der Waals surface area contributed by atoms with Gasteiger partial charge in [-0.2, -0.15) is 0 Å². The molecule has 4 heterocycles. The quantitative estimate of drug-likeness (QED) is 0.161. The molecule has 4 aromatic rings. The van der Waals surface area contributed by atoms with Crippen molar-refractivity contribution in [1.82, 2.24) is 0 Å². The molecule has 0 spiro atoms. The first-order valence-corrected chi connectivity index (χ1v) is 14.0. The Kier molecular flexibility index (Phi) is 7.62. The molecule has 0 nitrogen and oxygen atoms in total. The molecule has 30 heavy (non-hydrogen) atoms. The second kappa shape index (κ2) is 10.6. The largest absolute Gasteiger partial charge is 0.143 e. The van der Waals surface area contributed by atoms with E-state index < -0.39 is 0 Å². The number of unbranched alkanes of at least 4 members (excludes halogenated alkanes) is 3. The van der Waals surface area contributed by atoms with Crippen LogP contribution >= 0.6 is 45.3 Å². The molecule has 154 valence electrons. The predicted octanol–water partition coefficient (Wildman–Crippen LogP) is 9.62. The second-order valence-corrected chi connectivity index (χ2v) is 11.4. The van der Waals surface area contributed by atoms with E-state index in [9.17, 15) is 0 Å². The Hall–Kier alpha value is -1.64. The smallest absolute Gasteiger partial charge is 0.0482 e. The number of terminal acetylenes is 1. The summed E-state index contributed by atoms with van der Waals surface area (Å²) in [5, 5.41) is 4.35. The van der Waals surface area contributed by atoms with E-state index in [1.807, 2.05) is 45.3 Å². The zero-order valence-corrected chi connectivity index (χ0v) is 20.5. The van der Waals surface area contributed by atoms with Crippen molar-refractivity contribution in [1.29, 1.82) is 0 Å². The summed E-state index contributed by atoms with van der Waals surface area (Å²) in [6.07, 6.45) is 13.7. The molecule has 0 fully saturated rings. The molecule has 4 heteroatoms. The minimum Gasteiger partial charge on any atom is -0.143 e. The average molecular weight is 467 g/mol. The van der Waals surface area contributed by atoms with Crippen LogP contribution in [0.3, 0.4) is 0 Å². The fourth-order valence-electron chi connectivity index (χ4n) is 3.65. The number of thiophene rings is 4. The van der Waals surface area contributed by atoms with Gasteiger partial charge in [-0.3, -0.25) is 0 Å². The normalized spacial score (nSPS) is 11.1. The van der Waals surface area contributed by atoms with Crippen LogP contribution in [0.15, 0.2) is 47.2 Å². The Labute approximate surface area is 196 Å². The lowest BCUT2D eigenvalue weighted by atomic mass is 10.0. The first kappa shape index (κ1) is 21.6. The summed E-state index contributed by atoms with van der Waals surface area (Å²) in [5.41, 5.74) is 2.92. The molecule has 0 unspecified atom stereocenters. The highest BCUT2D eigenvalue weighted by Gasteiger charge is 2.18. The van der Waals surface area contributed by atoms with Gasteiger partial charge < -0.3 is 0 Å². The summed E-state index contributed by atoms with van der Waals surface area (Å²) in [5.74, 6) is 2.83. The van der Waals surface area contributed by atoms with Crippen LogP contribution in [0.5, 0.6) is 0 Å². The lowest BCUT2D eigenvalue weighted by molar-refractivity contribution is 0.668. The van der Waals surface area contributed by atoms with Crippen molar-refractivity contribution in [2.75, 3.05) is 0 Å². The summed E-state index contributed by atoms with van der Waals surface area (Å²) in [7, 11) is 0. The van der Waals surface area contributed by atoms with Crippen LogP contribution in [0.4, 0.5) is 0 Å². The zero-order valence-electron chi connectivity index (χ0n) is 17.3. The Morgan fingerprint density at radius 3 is 2.13 bits per heavy atom. The Bertz CT molecular complexity index is 1090. The monoisotopic (exact) mass is 466 g/mol. The molecule has 0 aliphatic heterocycles. The van der Waals surface area contributed by atoms with Gasteiger partial charge in [0, 0.05) is 35.7 Å². The maximum absolute atomic E-state index is 5.60. The molecule has 0 aromatic carbocycles. The average Bonchev–Trinajstić information content (AvgIpc) is 3.54. The minimum atomic E-state index is 0.792. The maximum Gasteiger partial charge on any atom is 0.0482 e. The van der Waals surface area contributed by atoms with Gasteiger partial charge in [0.05, 0.1) is 0 Å². The molecule has 0 saturated heterocycles. The predicted molar refractivity (Wildman–Crippen MR) is 139 cm³/mol. The van der Waals surface area contributed by atoms with E-state index >= 15 is 0 Å². The fraction of sp³-hybridized carbons (Fsp3) is 0.308. The zero-order chi connectivity index (χ0) is 20.8. The van der Waals surface area contributed by atoms with E-state index in [1.165, 1.54) is 72.5 Å². The highest BCUT2D eigenvalue weighted by atomic mass is 32.1. The summed E-state index contributed by atoms with van der Waals surface area (Å²) in [6.45, 7) is 2.28. The van der Waals surface area contributed by atoms with Crippen LogP contribution in [-0.2, 0) is 12.8 Å². The summed E-state index contributed by atoms with van der Waals surface area (Å²) in [4.78, 5) is 8.40. The molecule has 0 bridgehead atoms. The van der Waals surface area contributed by atoms with Crippen molar-refractivity contribution in [2.45, 2.75) is 51.9 Å². The third-order valence-electron chi connectivity index (χ3n) is 5.19. The Balaban J connectivity index is 1.71. The standard InChI is InChI=1S/C26H26S4/c1-3-5-7-8-12-20-18-24(30-25(20)22-14-10-16-28-22)26-19(11-6-4-2)17-23(29-26)21-13-9-15-27-21/h2,9-10,13-18H,3,5-8,11-12H2,1H3. The van der Waals surface area contributed by atoms with Crippen LogP contribution in [0, 0.1) is 12.3 Å². The van der Waals surface area contributed by atoms with E-state index in [1.54, 1.807) is 0 Å². The highest BCUT2D eigenvalue weighted by Crippen LogP contribution is 2.46. The Morgan fingerprint density at radius 2 is 1.43 bits per heavy atom. The number of aryl methyl sites for hydroxylation is 2. The first-order chi connectivity index (χ1) is 14.8. The molecule has 0 aliphatic rings. The summed E-state index contributed by atoms with van der Waals surface area (Å²) in [6, 6.07) is 13.6. The molecule has 4 rings (SSSR count). The molecule has 0 amide bonds. The van der Waals surface area contributed by atoms with E-state index in [-0.39, 0.29) is 0 Å². The van der Waals surface area contributed by atoms with Crippen molar-refractivity contribution < 1.29 is 0 Å². The molecule has 0 aliphatic carbocycles. The van der Waals surface area contributed by atoms with Crippen LogP contribution in [0.2, 0.25) is 0 Å². The van der Waals surface area contributed by atoms with Crippen LogP contribution in [-0.4, -0.2) is 0 Å². The van der Waals surface area contributed by atoms with Gasteiger partial charge in [-0.05, 0) is 65.4 Å². The molecule has 0 N–H and O–H groups in total. The van der Waals surface area contributed by atoms with Gasteiger partial charge in [0.15, 0.2) is 0 Å². The number of hydrogen-bond donors (Lipinski definition) is 0. The number of hydrogen-bond acceptors (Lipinski definition) is 4. The van der Waals surface area contributed by atoms with Gasteiger partial charge >= 0.3 is 0 Å². The fourth-order valence-corrected chi connectivity index (χ4v) is 7.93. The maximum atomic E-state index is 5.60. The topological polar surface area (TPSA) is 0 Å². The van der Waals surface area contributed by atoms with Crippen LogP contribution in [0.1, 0.15) is 50.2 Å². The lowest BCUT2D eigenvalue weighted by Crippen LogP contribution is -1.85. The Morgan fingerprint density at radius 1 is 0.767 bits per heavy atom. The van der Waals surface area contributed by atoms with E-state index in [0.717, 1.165) is 12.8 Å². The highest BCUT2D eigenvalue weighted by molar-refractivity contribution is 7.28. The van der Waals surface area contributed by atoms with Gasteiger partial charge in [-0.25, -0.2) is 0 Å². The molecule has 0 radical (unpaired) electrons. The molecule has 0 atom stereocenters. The van der Waals surface area contributed by atoms with Crippen LogP contribution in [0.25, 0.3) is 29.3 Å². The third kappa shape index (κ3) is 4.98. The number of rotatable bonds is 10. The van der Waals surface area contributed by atoms with Crippen molar-refractivity contribution in [3.8, 4) is 41.6 Å². The van der Waals surface area contributed by atoms with Gasteiger partial charge in [0.2, 0.25) is 0 Å². The third-order valence-corrected chi connectivity index (χ3v) is 9.84. The molecular formula is C26H26S4. The van der Waals surface area contributed by atoms with Gasteiger partial charge in [-0.15, -0.1) is 57.7 Å². The van der Waals surface area contributed by atoms with E-state index in [4.69, 9.17) is 6.42 Å². The van der Waals surface area contributed by atoms with Gasteiger partial charge in [-0.1, -0.05) is 38.3 Å². The van der Waals surface area contributed by atoms with Crippen molar-refractivity contribution in [3.05, 3.63) is 58.3 Å². The summed E-state index contributed by atoms with van der Waals surface area (Å²) >= 11 is 7.56. The molecular weight excluding hydrogens is 441 g/mol. The van der Waals surface area contributed by atoms with E-state index in [0.29, 0.717) is 0 Å². The van der Waals surface area contributed by atoms with Gasteiger partial charge in [0.1, 0.15) is 0 Å². The molecule has 0 saturated carbocycles. The van der Waals surface area contributed by atoms with Gasteiger partial charge in [0.25, 0.3) is 0 Å².